The molecule has 0 saturated carbocycles. The van der Waals surface area contributed by atoms with E-state index in [0.29, 0.717) is 38.6 Å². The first kappa shape index (κ1) is 47.8. The van der Waals surface area contributed by atoms with Crippen LogP contribution in [0.2, 0.25) is 20.1 Å². The Balaban J connectivity index is 0.000000205. The van der Waals surface area contributed by atoms with E-state index in [1.165, 1.54) is 11.3 Å². The largest absolute Gasteiger partial charge is 0.402 e. The van der Waals surface area contributed by atoms with Crippen LogP contribution in [0.5, 0.6) is 0 Å². The van der Waals surface area contributed by atoms with E-state index >= 15 is 0 Å². The van der Waals surface area contributed by atoms with E-state index in [4.69, 9.17) is 62.7 Å². The predicted molar refractivity (Wildman–Crippen MR) is 253 cm³/mol. The van der Waals surface area contributed by atoms with Gasteiger partial charge >= 0.3 is 0 Å². The van der Waals surface area contributed by atoms with E-state index in [1.54, 1.807) is 29.1 Å². The van der Waals surface area contributed by atoms with Crippen LogP contribution in [-0.4, -0.2) is 20.9 Å². The van der Waals surface area contributed by atoms with Gasteiger partial charge in [-0.2, -0.15) is 10.5 Å². The number of aromatic nitrogens is 3. The maximum atomic E-state index is 12.1. The van der Waals surface area contributed by atoms with E-state index in [2.05, 4.69) is 45.9 Å². The summed E-state index contributed by atoms with van der Waals surface area (Å²) in [5, 5.41) is 24.3. The third kappa shape index (κ3) is 15.6. The zero-order valence-electron chi connectivity index (χ0n) is 33.6. The van der Waals surface area contributed by atoms with E-state index in [1.807, 2.05) is 123 Å². The Morgan fingerprint density at radius 2 is 1.34 bits per heavy atom. The number of nitrogens with two attached hydrogens (primary N) is 1. The van der Waals surface area contributed by atoms with Gasteiger partial charge < -0.3 is 16.0 Å². The van der Waals surface area contributed by atoms with Crippen LogP contribution < -0.4 is 11.1 Å². The number of benzene rings is 5. The summed E-state index contributed by atoms with van der Waals surface area (Å²) in [5.41, 5.74) is 15.1. The topological polar surface area (TPSA) is 144 Å². The summed E-state index contributed by atoms with van der Waals surface area (Å²) in [6, 6.07) is 42.0. The number of nitrogens with zero attached hydrogens (tertiary/aromatic N) is 4. The van der Waals surface area contributed by atoms with Crippen molar-refractivity contribution < 1.29 is 4.79 Å². The van der Waals surface area contributed by atoms with Crippen molar-refractivity contribution in [2.24, 2.45) is 5.73 Å². The Labute approximate surface area is 381 Å². The molecule has 0 spiro atoms. The summed E-state index contributed by atoms with van der Waals surface area (Å²) in [6.45, 7) is 9.65. The normalized spacial score (nSPS) is 11.6. The molecule has 0 aliphatic rings. The lowest BCUT2D eigenvalue weighted by Gasteiger charge is -2.10. The van der Waals surface area contributed by atoms with Crippen molar-refractivity contribution in [3.05, 3.63) is 205 Å². The molecule has 0 radical (unpaired) electrons. The number of nitrogens with one attached hydrogen (secondary N) is 2. The van der Waals surface area contributed by atoms with Crippen LogP contribution in [0.25, 0.3) is 11.3 Å². The van der Waals surface area contributed by atoms with Crippen molar-refractivity contribution in [2.75, 3.05) is 5.32 Å². The molecule has 0 aliphatic heterocycles. The molecule has 0 saturated heterocycles. The average molecular weight is 908 g/mol. The summed E-state index contributed by atoms with van der Waals surface area (Å²) in [5.74, 6) is 0.855. The van der Waals surface area contributed by atoms with Crippen LogP contribution in [-0.2, 0) is 6.42 Å². The van der Waals surface area contributed by atoms with Crippen LogP contribution >= 0.6 is 57.7 Å². The summed E-state index contributed by atoms with van der Waals surface area (Å²) in [7, 11) is 0. The summed E-state index contributed by atoms with van der Waals surface area (Å²) in [4.78, 5) is 24.0. The Bertz CT molecular complexity index is 2580. The van der Waals surface area contributed by atoms with Crippen molar-refractivity contribution in [1.82, 2.24) is 15.0 Å². The molecule has 3 atom stereocenters. The minimum absolute atomic E-state index is 0.0753. The number of amides is 1. The number of anilines is 1. The number of carbonyl (C=O) groups excluding carboxylic acids is 1. The Hall–Kier alpha value is -5.91. The number of imidazole rings is 1. The number of H-pyrrole nitrogens is 1. The van der Waals surface area contributed by atoms with Gasteiger partial charge in [0, 0.05) is 48.7 Å². The fourth-order valence-corrected chi connectivity index (χ4v) is 6.81. The molecule has 3 unspecified atom stereocenters. The highest BCUT2D eigenvalue weighted by Crippen LogP contribution is 2.28. The van der Waals surface area contributed by atoms with Gasteiger partial charge in [0.15, 0.2) is 0 Å². The molecule has 0 bridgehead atoms. The zero-order chi connectivity index (χ0) is 44.3. The van der Waals surface area contributed by atoms with Gasteiger partial charge in [-0.1, -0.05) is 127 Å². The van der Waals surface area contributed by atoms with Gasteiger partial charge in [-0.3, -0.25) is 4.79 Å². The number of thiazole rings is 1. The first-order valence-corrected chi connectivity index (χ1v) is 21.3. The molecule has 61 heavy (non-hydrogen) atoms. The van der Waals surface area contributed by atoms with Crippen molar-refractivity contribution in [3.63, 3.8) is 0 Å². The standard InChI is InChI=1S/C21H17ClN4OS.C10H12ClN.C9H8ClN.C8H6ClN/c1-13(15-3-2-4-16(22)9-15)20-23-10-18(26-20)14-5-7-17(8-6-14)25-21(27)19-11-28-12-24-19;1-7(8(2)12)9-4-3-5-10(11)6-9;1-7(6-11)8-3-2-4-9(10)5-8;9-8-3-1-2-7(6-8)4-5-10/h2-13H,1H3,(H,23,26)(H,25,27);3-7H,2,12H2,1H3;2-5,7H,1H3;1-3,6H,4H2. The van der Waals surface area contributed by atoms with Gasteiger partial charge in [-0.15, -0.1) is 11.3 Å². The Morgan fingerprint density at radius 1 is 0.787 bits per heavy atom. The smallest absolute Gasteiger partial charge is 0.275 e. The maximum Gasteiger partial charge on any atom is 0.275 e. The zero-order valence-corrected chi connectivity index (χ0v) is 37.5. The highest BCUT2D eigenvalue weighted by atomic mass is 35.5. The summed E-state index contributed by atoms with van der Waals surface area (Å²) < 4.78 is 0. The number of nitriles is 2. The second-order valence-corrected chi connectivity index (χ2v) is 16.1. The second-order valence-electron chi connectivity index (χ2n) is 13.6. The molecule has 8 nitrogen and oxygen atoms in total. The molecular formula is C48H43Cl4N7OS. The lowest BCUT2D eigenvalue weighted by atomic mass is 9.99. The first-order valence-electron chi connectivity index (χ1n) is 18.8. The lowest BCUT2D eigenvalue weighted by molar-refractivity contribution is 0.102. The number of halogens is 4. The first-order chi connectivity index (χ1) is 29.3. The highest BCUT2D eigenvalue weighted by Gasteiger charge is 2.14. The monoisotopic (exact) mass is 905 g/mol. The van der Waals surface area contributed by atoms with Crippen LogP contribution in [0.3, 0.4) is 0 Å². The third-order valence-corrected chi connectivity index (χ3v) is 10.6. The van der Waals surface area contributed by atoms with Crippen LogP contribution in [0.1, 0.15) is 77.1 Å². The SMILES string of the molecule is C=C(N)C(C)c1cccc(Cl)c1.CC(C#N)c1cccc(Cl)c1.CC(c1cccc(Cl)c1)c1ncc(-c2ccc(NC(=O)c3cscn3)cc2)[nH]1.N#CCc1cccc(Cl)c1. The van der Waals surface area contributed by atoms with E-state index in [0.717, 1.165) is 44.4 Å². The van der Waals surface area contributed by atoms with Gasteiger partial charge in [-0.05, 0) is 95.4 Å². The van der Waals surface area contributed by atoms with Gasteiger partial charge in [0.05, 0.1) is 41.9 Å². The number of carbonyl (C=O) groups is 1. The average Bonchev–Trinajstić information content (AvgIpc) is 3.98. The Kier molecular flexibility index (Phi) is 19.1. The van der Waals surface area contributed by atoms with Crippen molar-refractivity contribution >= 4 is 69.3 Å². The van der Waals surface area contributed by atoms with Crippen LogP contribution in [0.15, 0.2) is 151 Å². The van der Waals surface area contributed by atoms with Gasteiger partial charge in [0.1, 0.15) is 11.5 Å². The van der Waals surface area contributed by atoms with Gasteiger partial charge in [0.25, 0.3) is 5.91 Å². The van der Waals surface area contributed by atoms with E-state index in [-0.39, 0.29) is 23.7 Å². The molecule has 5 aromatic carbocycles. The van der Waals surface area contributed by atoms with Gasteiger partial charge in [0.2, 0.25) is 0 Å². The Morgan fingerprint density at radius 3 is 1.89 bits per heavy atom. The molecule has 1 amide bonds. The van der Waals surface area contributed by atoms with Crippen molar-refractivity contribution in [1.29, 1.82) is 10.5 Å². The minimum atomic E-state index is -0.215. The number of hydrogen-bond donors (Lipinski definition) is 3. The van der Waals surface area contributed by atoms with E-state index in [9.17, 15) is 4.79 Å². The molecule has 0 fully saturated rings. The fourth-order valence-electron chi connectivity index (χ4n) is 5.47. The molecule has 7 aromatic rings. The highest BCUT2D eigenvalue weighted by molar-refractivity contribution is 7.07. The number of allylic oxidation sites excluding steroid dienone is 1. The van der Waals surface area contributed by atoms with E-state index < -0.39 is 0 Å². The number of aromatic amines is 1. The fraction of sp³-hybridized carbons (Fsp3) is 0.146. The number of hydrogen-bond acceptors (Lipinski definition) is 7. The van der Waals surface area contributed by atoms with Crippen molar-refractivity contribution in [3.8, 4) is 23.4 Å². The third-order valence-electron chi connectivity index (χ3n) is 9.09. The number of rotatable bonds is 9. The molecule has 2 heterocycles. The van der Waals surface area contributed by atoms with Crippen molar-refractivity contribution in [2.45, 2.75) is 44.9 Å². The molecule has 0 aliphatic carbocycles. The molecule has 310 valence electrons. The predicted octanol–water partition coefficient (Wildman–Crippen LogP) is 13.9. The maximum absolute atomic E-state index is 12.1. The molecule has 7 rings (SSSR count). The lowest BCUT2D eigenvalue weighted by Crippen LogP contribution is -2.11. The summed E-state index contributed by atoms with van der Waals surface area (Å²) in [6.07, 6.45) is 2.25. The molecule has 13 heteroatoms. The molecular weight excluding hydrogens is 864 g/mol. The van der Waals surface area contributed by atoms with Crippen LogP contribution in [0, 0.1) is 22.7 Å². The van der Waals surface area contributed by atoms with Crippen LogP contribution in [0.4, 0.5) is 5.69 Å². The molecule has 2 aromatic heterocycles. The second kappa shape index (κ2) is 24.4. The summed E-state index contributed by atoms with van der Waals surface area (Å²) >= 11 is 24.7. The quantitative estimate of drug-likeness (QED) is 0.132. The van der Waals surface area contributed by atoms with Gasteiger partial charge in [-0.25, -0.2) is 9.97 Å². The molecule has 4 N–H and O–H groups in total. The minimum Gasteiger partial charge on any atom is -0.402 e.